The Morgan fingerprint density at radius 2 is 1.56 bits per heavy atom. The zero-order chi connectivity index (χ0) is 12.8. The number of aliphatic hydroxyl groups is 1. The molecular weight excluding hydrogens is 204 g/mol. The summed E-state index contributed by atoms with van der Waals surface area (Å²) in [5, 5.41) is 12.3. The molecule has 1 amide bonds. The number of carbonyl (C=O) groups is 1. The molecule has 4 nitrogen and oxygen atoms in total. The predicted octanol–water partition coefficient (Wildman–Crippen LogP) is 1.17. The minimum absolute atomic E-state index is 0.0464. The zero-order valence-electron chi connectivity index (χ0n) is 11.0. The van der Waals surface area contributed by atoms with E-state index >= 15 is 0 Å². The molecule has 0 aromatic heterocycles. The van der Waals surface area contributed by atoms with Gasteiger partial charge in [0.2, 0.25) is 5.91 Å². The minimum atomic E-state index is -0.815. The van der Waals surface area contributed by atoms with Crippen molar-refractivity contribution in [2.24, 2.45) is 5.73 Å². The molecule has 0 aromatic carbocycles. The van der Waals surface area contributed by atoms with Gasteiger partial charge in [0.1, 0.15) is 0 Å². The predicted molar refractivity (Wildman–Crippen MR) is 66.0 cm³/mol. The van der Waals surface area contributed by atoms with E-state index in [1.807, 2.05) is 27.7 Å². The van der Waals surface area contributed by atoms with Gasteiger partial charge in [-0.1, -0.05) is 27.7 Å². The van der Waals surface area contributed by atoms with Gasteiger partial charge in [-0.2, -0.15) is 0 Å². The van der Waals surface area contributed by atoms with E-state index in [0.29, 0.717) is 25.7 Å². The average Bonchev–Trinajstić information content (AvgIpc) is 2.34. The lowest BCUT2D eigenvalue weighted by atomic mass is 9.88. The Labute approximate surface area is 98.6 Å². The van der Waals surface area contributed by atoms with Crippen LogP contribution in [0.4, 0.5) is 0 Å². The van der Waals surface area contributed by atoms with E-state index in [4.69, 9.17) is 5.73 Å². The van der Waals surface area contributed by atoms with Crippen LogP contribution in [0.25, 0.3) is 0 Å². The van der Waals surface area contributed by atoms with Crippen LogP contribution in [0.5, 0.6) is 0 Å². The smallest absolute Gasteiger partial charge is 0.240 e. The Morgan fingerprint density at radius 3 is 1.81 bits per heavy atom. The Kier molecular flexibility index (Phi) is 5.97. The third kappa shape index (κ3) is 3.19. The molecule has 96 valence electrons. The van der Waals surface area contributed by atoms with Crippen LogP contribution in [0, 0.1) is 0 Å². The number of amides is 1. The van der Waals surface area contributed by atoms with Gasteiger partial charge < -0.3 is 16.2 Å². The summed E-state index contributed by atoms with van der Waals surface area (Å²) in [4.78, 5) is 12.1. The maximum absolute atomic E-state index is 12.1. The third-order valence-electron chi connectivity index (χ3n) is 3.75. The van der Waals surface area contributed by atoms with Crippen molar-refractivity contribution in [3.63, 3.8) is 0 Å². The number of aliphatic hydroxyl groups excluding tert-OH is 1. The lowest BCUT2D eigenvalue weighted by Crippen LogP contribution is -2.61. The van der Waals surface area contributed by atoms with Crippen molar-refractivity contribution < 1.29 is 9.90 Å². The summed E-state index contributed by atoms with van der Waals surface area (Å²) in [7, 11) is 0. The van der Waals surface area contributed by atoms with E-state index in [1.165, 1.54) is 0 Å². The monoisotopic (exact) mass is 230 g/mol. The van der Waals surface area contributed by atoms with Crippen molar-refractivity contribution >= 4 is 5.91 Å². The molecular formula is C12H26N2O2. The maximum Gasteiger partial charge on any atom is 0.240 e. The molecule has 0 aromatic rings. The summed E-state index contributed by atoms with van der Waals surface area (Å²) < 4.78 is 0. The fourth-order valence-corrected chi connectivity index (χ4v) is 1.63. The maximum atomic E-state index is 12.1. The van der Waals surface area contributed by atoms with Gasteiger partial charge in [0.05, 0.1) is 17.7 Å². The third-order valence-corrected chi connectivity index (χ3v) is 3.75. The average molecular weight is 230 g/mol. The van der Waals surface area contributed by atoms with E-state index in [-0.39, 0.29) is 12.5 Å². The fourth-order valence-electron chi connectivity index (χ4n) is 1.63. The van der Waals surface area contributed by atoms with Gasteiger partial charge in [-0.25, -0.2) is 0 Å². The number of rotatable bonds is 7. The van der Waals surface area contributed by atoms with E-state index in [1.54, 1.807) is 0 Å². The van der Waals surface area contributed by atoms with Crippen molar-refractivity contribution in [2.45, 2.75) is 64.5 Å². The molecule has 0 saturated heterocycles. The molecule has 0 aliphatic heterocycles. The van der Waals surface area contributed by atoms with Crippen LogP contribution >= 0.6 is 0 Å². The van der Waals surface area contributed by atoms with Gasteiger partial charge in [-0.05, 0) is 25.7 Å². The number of nitrogens with one attached hydrogen (secondary N) is 1. The largest absolute Gasteiger partial charge is 0.394 e. The number of carbonyl (C=O) groups excluding carboxylic acids is 1. The molecule has 4 heteroatoms. The summed E-state index contributed by atoms with van der Waals surface area (Å²) in [5.74, 6) is -0.157. The van der Waals surface area contributed by atoms with Crippen LogP contribution in [0.2, 0.25) is 0 Å². The second-order valence-corrected chi connectivity index (χ2v) is 4.46. The first-order chi connectivity index (χ1) is 7.43. The van der Waals surface area contributed by atoms with Gasteiger partial charge in [0, 0.05) is 0 Å². The Balaban J connectivity index is 4.76. The Hall–Kier alpha value is -0.610. The van der Waals surface area contributed by atoms with Gasteiger partial charge >= 0.3 is 0 Å². The standard InChI is InChI=1S/C12H26N2O2/c1-5-11(6-2,9-15)14-10(16)12(13,7-3)8-4/h15H,5-9,13H2,1-4H3,(H,14,16). The zero-order valence-corrected chi connectivity index (χ0v) is 11.0. The molecule has 0 heterocycles. The van der Waals surface area contributed by atoms with E-state index in [2.05, 4.69) is 5.32 Å². The summed E-state index contributed by atoms with van der Waals surface area (Å²) in [5.41, 5.74) is 4.68. The normalized spacial score (nSPS) is 12.6. The minimum Gasteiger partial charge on any atom is -0.394 e. The number of nitrogens with two attached hydrogens (primary N) is 1. The Morgan fingerprint density at radius 1 is 1.12 bits per heavy atom. The fraction of sp³-hybridized carbons (Fsp3) is 0.917. The quantitative estimate of drug-likeness (QED) is 0.614. The second kappa shape index (κ2) is 6.21. The van der Waals surface area contributed by atoms with Gasteiger partial charge in [-0.15, -0.1) is 0 Å². The first-order valence-electron chi connectivity index (χ1n) is 6.16. The highest BCUT2D eigenvalue weighted by atomic mass is 16.3. The molecule has 0 spiro atoms. The molecule has 0 unspecified atom stereocenters. The van der Waals surface area contributed by atoms with Crippen molar-refractivity contribution in [2.75, 3.05) is 6.61 Å². The topological polar surface area (TPSA) is 75.3 Å². The molecule has 0 aliphatic carbocycles. The van der Waals surface area contributed by atoms with Crippen molar-refractivity contribution in [1.82, 2.24) is 5.32 Å². The highest BCUT2D eigenvalue weighted by Crippen LogP contribution is 2.18. The first kappa shape index (κ1) is 15.4. The van der Waals surface area contributed by atoms with Crippen LogP contribution < -0.4 is 11.1 Å². The van der Waals surface area contributed by atoms with Crippen LogP contribution in [0.15, 0.2) is 0 Å². The van der Waals surface area contributed by atoms with E-state index in [0.717, 1.165) is 0 Å². The molecule has 0 fully saturated rings. The molecule has 4 N–H and O–H groups in total. The molecule has 16 heavy (non-hydrogen) atoms. The number of hydrogen-bond acceptors (Lipinski definition) is 3. The summed E-state index contributed by atoms with van der Waals surface area (Å²) in [6.45, 7) is 7.67. The molecule has 0 rings (SSSR count). The molecule has 0 saturated carbocycles. The highest BCUT2D eigenvalue weighted by molar-refractivity contribution is 5.86. The van der Waals surface area contributed by atoms with Crippen LogP contribution in [-0.2, 0) is 4.79 Å². The van der Waals surface area contributed by atoms with Gasteiger partial charge in [0.25, 0.3) is 0 Å². The van der Waals surface area contributed by atoms with E-state index in [9.17, 15) is 9.90 Å². The van der Waals surface area contributed by atoms with Crippen molar-refractivity contribution in [3.05, 3.63) is 0 Å². The summed E-state index contributed by atoms with van der Waals surface area (Å²) in [6, 6.07) is 0. The van der Waals surface area contributed by atoms with Crippen molar-refractivity contribution in [3.8, 4) is 0 Å². The molecule has 0 radical (unpaired) electrons. The van der Waals surface area contributed by atoms with Gasteiger partial charge in [-0.3, -0.25) is 4.79 Å². The van der Waals surface area contributed by atoms with Crippen LogP contribution in [-0.4, -0.2) is 28.7 Å². The Bertz CT molecular complexity index is 213. The van der Waals surface area contributed by atoms with Crippen LogP contribution in [0.3, 0.4) is 0 Å². The molecule has 0 bridgehead atoms. The van der Waals surface area contributed by atoms with Crippen LogP contribution in [0.1, 0.15) is 53.4 Å². The second-order valence-electron chi connectivity index (χ2n) is 4.46. The summed E-state index contributed by atoms with van der Waals surface area (Å²) >= 11 is 0. The number of hydrogen-bond donors (Lipinski definition) is 3. The molecule has 0 atom stereocenters. The van der Waals surface area contributed by atoms with Crippen molar-refractivity contribution in [1.29, 1.82) is 0 Å². The van der Waals surface area contributed by atoms with Gasteiger partial charge in [0.15, 0.2) is 0 Å². The lowest BCUT2D eigenvalue weighted by molar-refractivity contribution is -0.129. The van der Waals surface area contributed by atoms with E-state index < -0.39 is 11.1 Å². The lowest BCUT2D eigenvalue weighted by Gasteiger charge is -2.35. The molecule has 0 aliphatic rings. The first-order valence-corrected chi connectivity index (χ1v) is 6.16. The highest BCUT2D eigenvalue weighted by Gasteiger charge is 2.35. The summed E-state index contributed by atoms with van der Waals surface area (Å²) in [6.07, 6.45) is 2.61. The SMILES string of the molecule is CCC(CC)(CO)NC(=O)C(N)(CC)CC.